The van der Waals surface area contributed by atoms with Crippen molar-refractivity contribution in [1.82, 2.24) is 10.2 Å². The lowest BCUT2D eigenvalue weighted by Gasteiger charge is -2.31. The molecule has 0 amide bonds. The van der Waals surface area contributed by atoms with Crippen molar-refractivity contribution in [2.24, 2.45) is 11.8 Å². The summed E-state index contributed by atoms with van der Waals surface area (Å²) in [5, 5.41) is 3.54. The minimum absolute atomic E-state index is 0.827. The maximum absolute atomic E-state index is 3.54. The molecule has 2 fully saturated rings. The predicted octanol–water partition coefficient (Wildman–Crippen LogP) is 1.33. The Labute approximate surface area is 81.7 Å². The third-order valence-electron chi connectivity index (χ3n) is 3.14. The van der Waals surface area contributed by atoms with Crippen LogP contribution in [-0.4, -0.2) is 37.1 Å². The second kappa shape index (κ2) is 3.97. The standard InChI is InChI=1S/C11H22N2/c1-9-5-12-6-10(2)8-13(7-9)11-3-4-11/h9-12H,3-8H2,1-2H3. The van der Waals surface area contributed by atoms with Gasteiger partial charge >= 0.3 is 0 Å². The van der Waals surface area contributed by atoms with Crippen LogP contribution in [0.2, 0.25) is 0 Å². The smallest absolute Gasteiger partial charge is 0.00966 e. The summed E-state index contributed by atoms with van der Waals surface area (Å²) in [6.45, 7) is 9.74. The molecule has 0 spiro atoms. The molecule has 2 heteroatoms. The van der Waals surface area contributed by atoms with Crippen LogP contribution >= 0.6 is 0 Å². The van der Waals surface area contributed by atoms with Gasteiger partial charge in [-0.3, -0.25) is 4.90 Å². The monoisotopic (exact) mass is 182 g/mol. The van der Waals surface area contributed by atoms with Crippen LogP contribution in [0.1, 0.15) is 26.7 Å². The van der Waals surface area contributed by atoms with Crippen LogP contribution in [0.5, 0.6) is 0 Å². The van der Waals surface area contributed by atoms with Crippen molar-refractivity contribution in [2.45, 2.75) is 32.7 Å². The molecule has 0 radical (unpaired) electrons. The number of nitrogens with one attached hydrogen (secondary N) is 1. The fourth-order valence-corrected chi connectivity index (χ4v) is 2.32. The minimum Gasteiger partial charge on any atom is -0.316 e. The summed E-state index contributed by atoms with van der Waals surface area (Å²) >= 11 is 0. The van der Waals surface area contributed by atoms with E-state index in [2.05, 4.69) is 24.1 Å². The number of hydrogen-bond acceptors (Lipinski definition) is 2. The highest BCUT2D eigenvalue weighted by Gasteiger charge is 2.31. The molecule has 1 aliphatic carbocycles. The molecule has 2 rings (SSSR count). The molecule has 2 unspecified atom stereocenters. The molecule has 1 saturated carbocycles. The van der Waals surface area contributed by atoms with Crippen LogP contribution in [-0.2, 0) is 0 Å². The molecule has 1 saturated heterocycles. The van der Waals surface area contributed by atoms with Crippen molar-refractivity contribution in [1.29, 1.82) is 0 Å². The Morgan fingerprint density at radius 1 is 1.00 bits per heavy atom. The first-order valence-electron chi connectivity index (χ1n) is 5.70. The predicted molar refractivity (Wildman–Crippen MR) is 55.8 cm³/mol. The maximum Gasteiger partial charge on any atom is 0.00966 e. The maximum atomic E-state index is 3.54. The van der Waals surface area contributed by atoms with Crippen molar-refractivity contribution in [3.05, 3.63) is 0 Å². The lowest BCUT2D eigenvalue weighted by atomic mass is 10.1. The van der Waals surface area contributed by atoms with Gasteiger partial charge in [0.05, 0.1) is 0 Å². The lowest BCUT2D eigenvalue weighted by Crippen LogP contribution is -2.43. The molecule has 0 aromatic heterocycles. The van der Waals surface area contributed by atoms with Gasteiger partial charge in [0.15, 0.2) is 0 Å². The van der Waals surface area contributed by atoms with Gasteiger partial charge in [0, 0.05) is 19.1 Å². The van der Waals surface area contributed by atoms with E-state index in [1.165, 1.54) is 39.0 Å². The molecule has 2 aliphatic rings. The zero-order valence-electron chi connectivity index (χ0n) is 8.92. The first kappa shape index (κ1) is 9.47. The summed E-state index contributed by atoms with van der Waals surface area (Å²) in [5.41, 5.74) is 0. The van der Waals surface area contributed by atoms with Crippen LogP contribution in [0.4, 0.5) is 0 Å². The third-order valence-corrected chi connectivity index (χ3v) is 3.14. The van der Waals surface area contributed by atoms with Crippen molar-refractivity contribution in [3.8, 4) is 0 Å². The van der Waals surface area contributed by atoms with Gasteiger partial charge in [-0.05, 0) is 37.8 Å². The molecule has 76 valence electrons. The van der Waals surface area contributed by atoms with Crippen LogP contribution in [0.3, 0.4) is 0 Å². The third kappa shape index (κ3) is 2.68. The summed E-state index contributed by atoms with van der Waals surface area (Å²) in [4.78, 5) is 2.72. The molecule has 0 aromatic rings. The van der Waals surface area contributed by atoms with E-state index in [0.29, 0.717) is 0 Å². The van der Waals surface area contributed by atoms with Crippen molar-refractivity contribution < 1.29 is 0 Å². The van der Waals surface area contributed by atoms with Crippen molar-refractivity contribution in [2.75, 3.05) is 26.2 Å². The highest BCUT2D eigenvalue weighted by atomic mass is 15.2. The lowest BCUT2D eigenvalue weighted by molar-refractivity contribution is 0.177. The molecule has 1 heterocycles. The Morgan fingerprint density at radius 3 is 2.00 bits per heavy atom. The second-order valence-electron chi connectivity index (χ2n) is 5.05. The van der Waals surface area contributed by atoms with Crippen LogP contribution < -0.4 is 5.32 Å². The quantitative estimate of drug-likeness (QED) is 0.658. The fraction of sp³-hybridized carbons (Fsp3) is 1.00. The second-order valence-corrected chi connectivity index (χ2v) is 5.05. The van der Waals surface area contributed by atoms with Gasteiger partial charge in [0.25, 0.3) is 0 Å². The summed E-state index contributed by atoms with van der Waals surface area (Å²) in [6.07, 6.45) is 2.90. The SMILES string of the molecule is CC1CNCC(C)CN(C2CC2)C1. The van der Waals surface area contributed by atoms with E-state index in [1.807, 2.05) is 0 Å². The summed E-state index contributed by atoms with van der Waals surface area (Å²) in [7, 11) is 0. The Bertz CT molecular complexity index is 153. The normalized spacial score (nSPS) is 38.3. The molecule has 1 N–H and O–H groups in total. The zero-order valence-corrected chi connectivity index (χ0v) is 8.92. The van der Waals surface area contributed by atoms with Gasteiger partial charge in [-0.25, -0.2) is 0 Å². The van der Waals surface area contributed by atoms with E-state index < -0.39 is 0 Å². The van der Waals surface area contributed by atoms with E-state index >= 15 is 0 Å². The Morgan fingerprint density at radius 2 is 1.54 bits per heavy atom. The van der Waals surface area contributed by atoms with Crippen molar-refractivity contribution >= 4 is 0 Å². The Kier molecular flexibility index (Phi) is 2.89. The fourth-order valence-electron chi connectivity index (χ4n) is 2.32. The Balaban J connectivity index is 1.89. The topological polar surface area (TPSA) is 15.3 Å². The van der Waals surface area contributed by atoms with Gasteiger partial charge in [0.1, 0.15) is 0 Å². The average Bonchev–Trinajstić information content (AvgIpc) is 2.82. The zero-order chi connectivity index (χ0) is 9.26. The average molecular weight is 182 g/mol. The Hall–Kier alpha value is -0.0800. The molecule has 13 heavy (non-hydrogen) atoms. The molecule has 1 aliphatic heterocycles. The van der Waals surface area contributed by atoms with E-state index in [9.17, 15) is 0 Å². The number of hydrogen-bond donors (Lipinski definition) is 1. The van der Waals surface area contributed by atoms with Gasteiger partial charge in [-0.2, -0.15) is 0 Å². The van der Waals surface area contributed by atoms with Crippen LogP contribution in [0, 0.1) is 11.8 Å². The molecular weight excluding hydrogens is 160 g/mol. The molecule has 2 atom stereocenters. The van der Waals surface area contributed by atoms with E-state index in [1.54, 1.807) is 0 Å². The van der Waals surface area contributed by atoms with E-state index in [4.69, 9.17) is 0 Å². The highest BCUT2D eigenvalue weighted by Crippen LogP contribution is 2.28. The highest BCUT2D eigenvalue weighted by molar-refractivity contribution is 4.87. The van der Waals surface area contributed by atoms with Gasteiger partial charge in [-0.15, -0.1) is 0 Å². The van der Waals surface area contributed by atoms with E-state index in [-0.39, 0.29) is 0 Å². The van der Waals surface area contributed by atoms with E-state index in [0.717, 1.165) is 17.9 Å². The van der Waals surface area contributed by atoms with Crippen LogP contribution in [0.15, 0.2) is 0 Å². The number of nitrogens with zero attached hydrogens (tertiary/aromatic N) is 1. The minimum atomic E-state index is 0.827. The van der Waals surface area contributed by atoms with Gasteiger partial charge in [0.2, 0.25) is 0 Å². The molecule has 0 aromatic carbocycles. The molecular formula is C11H22N2. The molecule has 0 bridgehead atoms. The van der Waals surface area contributed by atoms with Gasteiger partial charge < -0.3 is 5.32 Å². The molecule has 2 nitrogen and oxygen atoms in total. The van der Waals surface area contributed by atoms with Crippen LogP contribution in [0.25, 0.3) is 0 Å². The first-order valence-corrected chi connectivity index (χ1v) is 5.70. The van der Waals surface area contributed by atoms with Crippen molar-refractivity contribution in [3.63, 3.8) is 0 Å². The first-order chi connectivity index (χ1) is 6.25. The number of rotatable bonds is 1. The van der Waals surface area contributed by atoms with Gasteiger partial charge in [-0.1, -0.05) is 13.8 Å². The largest absolute Gasteiger partial charge is 0.316 e. The summed E-state index contributed by atoms with van der Waals surface area (Å²) in [6, 6.07) is 0.947. The summed E-state index contributed by atoms with van der Waals surface area (Å²) in [5.74, 6) is 1.65. The summed E-state index contributed by atoms with van der Waals surface area (Å²) < 4.78 is 0.